The molecule has 2 heterocycles. The summed E-state index contributed by atoms with van der Waals surface area (Å²) < 4.78 is 0. The molecule has 22 heavy (non-hydrogen) atoms. The average molecular weight is 289 g/mol. The molecule has 0 fully saturated rings. The van der Waals surface area contributed by atoms with Crippen molar-refractivity contribution >= 4 is 21.9 Å². The molecule has 0 amide bonds. The van der Waals surface area contributed by atoms with Gasteiger partial charge in [-0.25, -0.2) is 4.98 Å². The highest BCUT2D eigenvalue weighted by Gasteiger charge is 2.10. The van der Waals surface area contributed by atoms with Crippen molar-refractivity contribution in [1.29, 1.82) is 0 Å². The van der Waals surface area contributed by atoms with Crippen LogP contribution in [0, 0.1) is 0 Å². The van der Waals surface area contributed by atoms with E-state index in [9.17, 15) is 5.11 Å². The van der Waals surface area contributed by atoms with Crippen molar-refractivity contribution in [3.05, 3.63) is 60.6 Å². The van der Waals surface area contributed by atoms with Crippen LogP contribution in [0.5, 0.6) is 0 Å². The molecule has 0 aliphatic rings. The molecule has 108 valence electrons. The number of fused-ring (bicyclic) bond motifs is 2. The number of aromatic nitrogens is 3. The van der Waals surface area contributed by atoms with Gasteiger partial charge in [0.1, 0.15) is 11.9 Å². The number of hydrogen-bond donors (Lipinski definition) is 2. The molecule has 2 aromatic heterocycles. The minimum absolute atomic E-state index is 0.586. The Morgan fingerprint density at radius 1 is 1.09 bits per heavy atom. The highest BCUT2D eigenvalue weighted by atomic mass is 16.3. The fourth-order valence-corrected chi connectivity index (χ4v) is 2.73. The summed E-state index contributed by atoms with van der Waals surface area (Å²) >= 11 is 0. The number of pyridine rings is 1. The molecule has 2 N–H and O–H groups in total. The van der Waals surface area contributed by atoms with E-state index < -0.39 is 6.10 Å². The van der Waals surface area contributed by atoms with Crippen LogP contribution in [-0.4, -0.2) is 20.1 Å². The predicted molar refractivity (Wildman–Crippen MR) is 87.5 cm³/mol. The van der Waals surface area contributed by atoms with Crippen LogP contribution in [0.2, 0.25) is 0 Å². The topological polar surface area (TPSA) is 61.8 Å². The van der Waals surface area contributed by atoms with Gasteiger partial charge in [0.15, 0.2) is 0 Å². The molecule has 0 saturated heterocycles. The summed E-state index contributed by atoms with van der Waals surface area (Å²) in [7, 11) is 0. The molecule has 1 atom stereocenters. The number of hydrogen-bond acceptors (Lipinski definition) is 3. The summed E-state index contributed by atoms with van der Waals surface area (Å²) in [5.41, 5.74) is 4.93. The molecular weight excluding hydrogens is 274 g/mol. The fourth-order valence-electron chi connectivity index (χ4n) is 2.73. The molecule has 0 spiro atoms. The van der Waals surface area contributed by atoms with Crippen LogP contribution in [0.3, 0.4) is 0 Å². The summed E-state index contributed by atoms with van der Waals surface area (Å²) in [6.45, 7) is 1.70. The first kappa shape index (κ1) is 13.0. The highest BCUT2D eigenvalue weighted by molar-refractivity contribution is 5.95. The van der Waals surface area contributed by atoms with E-state index in [1.54, 1.807) is 6.92 Å². The van der Waals surface area contributed by atoms with Gasteiger partial charge >= 0.3 is 0 Å². The summed E-state index contributed by atoms with van der Waals surface area (Å²) in [5.74, 6) is 0.586. The Morgan fingerprint density at radius 2 is 1.95 bits per heavy atom. The third-order valence-corrected chi connectivity index (χ3v) is 3.84. The Kier molecular flexibility index (Phi) is 2.91. The molecule has 0 bridgehead atoms. The molecule has 4 nitrogen and oxygen atoms in total. The number of rotatable bonds is 2. The maximum Gasteiger partial charge on any atom is 0.135 e. The Hall–Kier alpha value is -2.72. The minimum atomic E-state index is -0.602. The SMILES string of the molecule is C[C@@H](O)c1nc2ccc(-c3cccc4cccnc34)cc2[nH]1. The Balaban J connectivity index is 1.92. The minimum Gasteiger partial charge on any atom is -0.385 e. The van der Waals surface area contributed by atoms with Gasteiger partial charge in [0.25, 0.3) is 0 Å². The summed E-state index contributed by atoms with van der Waals surface area (Å²) in [4.78, 5) is 12.1. The second-order valence-electron chi connectivity index (χ2n) is 5.41. The first-order valence-corrected chi connectivity index (χ1v) is 7.24. The van der Waals surface area contributed by atoms with Gasteiger partial charge < -0.3 is 10.1 Å². The van der Waals surface area contributed by atoms with Crippen molar-refractivity contribution in [2.75, 3.05) is 0 Å². The van der Waals surface area contributed by atoms with Gasteiger partial charge in [-0.1, -0.05) is 30.3 Å². The second-order valence-corrected chi connectivity index (χ2v) is 5.41. The molecule has 2 aromatic carbocycles. The van der Waals surface area contributed by atoms with E-state index in [2.05, 4.69) is 39.2 Å². The largest absolute Gasteiger partial charge is 0.385 e. The van der Waals surface area contributed by atoms with Crippen LogP contribution in [0.1, 0.15) is 18.9 Å². The Morgan fingerprint density at radius 3 is 2.82 bits per heavy atom. The van der Waals surface area contributed by atoms with Crippen molar-refractivity contribution in [2.24, 2.45) is 0 Å². The molecule has 0 aliphatic heterocycles. The van der Waals surface area contributed by atoms with Crippen LogP contribution >= 0.6 is 0 Å². The molecule has 4 aromatic rings. The van der Waals surface area contributed by atoms with Gasteiger partial charge in [0.2, 0.25) is 0 Å². The van der Waals surface area contributed by atoms with Crippen molar-refractivity contribution in [1.82, 2.24) is 15.0 Å². The summed E-state index contributed by atoms with van der Waals surface area (Å²) in [6, 6.07) is 16.2. The number of benzene rings is 2. The zero-order chi connectivity index (χ0) is 15.1. The van der Waals surface area contributed by atoms with Gasteiger partial charge in [-0.05, 0) is 30.7 Å². The quantitative estimate of drug-likeness (QED) is 0.589. The van der Waals surface area contributed by atoms with Crippen LogP contribution in [0.25, 0.3) is 33.1 Å². The maximum absolute atomic E-state index is 9.65. The molecule has 4 rings (SSSR count). The second kappa shape index (κ2) is 4.93. The number of para-hydroxylation sites is 1. The van der Waals surface area contributed by atoms with Crippen molar-refractivity contribution in [2.45, 2.75) is 13.0 Å². The highest BCUT2D eigenvalue weighted by Crippen LogP contribution is 2.29. The maximum atomic E-state index is 9.65. The number of aliphatic hydroxyl groups excluding tert-OH is 1. The number of aromatic amines is 1. The van der Waals surface area contributed by atoms with Gasteiger partial charge in [-0.2, -0.15) is 0 Å². The van der Waals surface area contributed by atoms with E-state index in [1.165, 1.54) is 0 Å². The van der Waals surface area contributed by atoms with E-state index in [4.69, 9.17) is 0 Å². The van der Waals surface area contributed by atoms with Crippen LogP contribution in [0.4, 0.5) is 0 Å². The third-order valence-electron chi connectivity index (χ3n) is 3.84. The molecule has 0 saturated carbocycles. The summed E-state index contributed by atoms with van der Waals surface area (Å²) in [6.07, 6.45) is 1.21. The molecule has 4 heteroatoms. The number of imidazole rings is 1. The van der Waals surface area contributed by atoms with Crippen LogP contribution < -0.4 is 0 Å². The van der Waals surface area contributed by atoms with E-state index in [0.717, 1.165) is 33.1 Å². The standard InChI is InChI=1S/C18H15N3O/c1-11(22)18-20-15-8-7-13(10-16(15)21-18)14-6-2-4-12-5-3-9-19-17(12)14/h2-11,22H,1H3,(H,20,21)/t11-/m1/s1. The smallest absolute Gasteiger partial charge is 0.135 e. The number of aliphatic hydroxyl groups is 1. The van der Waals surface area contributed by atoms with Gasteiger partial charge in [-0.15, -0.1) is 0 Å². The monoisotopic (exact) mass is 289 g/mol. The molecule has 0 unspecified atom stereocenters. The fraction of sp³-hybridized carbons (Fsp3) is 0.111. The predicted octanol–water partition coefficient (Wildman–Crippen LogP) is 3.83. The average Bonchev–Trinajstić information content (AvgIpc) is 2.98. The van der Waals surface area contributed by atoms with Gasteiger partial charge in [-0.3, -0.25) is 4.98 Å². The molecule has 0 aliphatic carbocycles. The first-order chi connectivity index (χ1) is 10.7. The Labute approximate surface area is 127 Å². The normalized spacial score (nSPS) is 12.8. The number of H-pyrrole nitrogens is 1. The van der Waals surface area contributed by atoms with Crippen molar-refractivity contribution < 1.29 is 5.11 Å². The summed E-state index contributed by atoms with van der Waals surface area (Å²) in [5, 5.41) is 10.8. The molecule has 0 radical (unpaired) electrons. The Bertz CT molecular complexity index is 967. The van der Waals surface area contributed by atoms with Crippen molar-refractivity contribution in [3.63, 3.8) is 0 Å². The van der Waals surface area contributed by atoms with E-state index in [0.29, 0.717) is 5.82 Å². The first-order valence-electron chi connectivity index (χ1n) is 7.24. The van der Waals surface area contributed by atoms with Crippen LogP contribution in [0.15, 0.2) is 54.7 Å². The number of nitrogens with zero attached hydrogens (tertiary/aromatic N) is 2. The number of nitrogens with one attached hydrogen (secondary N) is 1. The lowest BCUT2D eigenvalue weighted by molar-refractivity contribution is 0.190. The van der Waals surface area contributed by atoms with Crippen molar-refractivity contribution in [3.8, 4) is 11.1 Å². The molecular formula is C18H15N3O. The zero-order valence-corrected chi connectivity index (χ0v) is 12.1. The van der Waals surface area contributed by atoms with Gasteiger partial charge in [0, 0.05) is 17.1 Å². The lowest BCUT2D eigenvalue weighted by Gasteiger charge is -2.05. The lowest BCUT2D eigenvalue weighted by Crippen LogP contribution is -1.92. The van der Waals surface area contributed by atoms with Crippen LogP contribution in [-0.2, 0) is 0 Å². The van der Waals surface area contributed by atoms with E-state index in [-0.39, 0.29) is 0 Å². The third kappa shape index (κ3) is 2.05. The zero-order valence-electron chi connectivity index (χ0n) is 12.1. The van der Waals surface area contributed by atoms with E-state index in [1.807, 2.05) is 30.5 Å². The van der Waals surface area contributed by atoms with Gasteiger partial charge in [0.05, 0.1) is 16.6 Å². The van der Waals surface area contributed by atoms with E-state index >= 15 is 0 Å². The lowest BCUT2D eigenvalue weighted by atomic mass is 10.0.